The molecule has 1 N–H and O–H groups in total. The van der Waals surface area contributed by atoms with E-state index in [0.717, 1.165) is 12.8 Å². The van der Waals surface area contributed by atoms with E-state index in [1.54, 1.807) is 0 Å². The minimum absolute atomic E-state index is 0.215. The highest BCUT2D eigenvalue weighted by Gasteiger charge is 1.89. The van der Waals surface area contributed by atoms with Crippen LogP contribution in [0.5, 0.6) is 0 Å². The summed E-state index contributed by atoms with van der Waals surface area (Å²) in [5.41, 5.74) is 0.215. The largest absolute Gasteiger partial charge is 0.302 e. The van der Waals surface area contributed by atoms with Crippen LogP contribution in [0, 0.1) is 5.41 Å². The molecular formula is C6H11NO. The van der Waals surface area contributed by atoms with Gasteiger partial charge in [0.05, 0.1) is 5.71 Å². The third-order valence-electron chi connectivity index (χ3n) is 0.942. The first kappa shape index (κ1) is 7.34. The Morgan fingerprint density at radius 3 is 2.75 bits per heavy atom. The van der Waals surface area contributed by atoms with Gasteiger partial charge in [-0.15, -0.1) is 0 Å². The Labute approximate surface area is 49.4 Å². The van der Waals surface area contributed by atoms with E-state index in [0.29, 0.717) is 12.7 Å². The Kier molecular flexibility index (Phi) is 4.13. The molecule has 2 heteroatoms. The smallest absolute Gasteiger partial charge is 0.163 e. The van der Waals surface area contributed by atoms with Crippen molar-refractivity contribution in [3.8, 4) is 0 Å². The summed E-state index contributed by atoms with van der Waals surface area (Å²) in [6, 6.07) is 0. The highest BCUT2D eigenvalue weighted by Crippen LogP contribution is 1.92. The van der Waals surface area contributed by atoms with Gasteiger partial charge in [-0.3, -0.25) is 4.79 Å². The van der Waals surface area contributed by atoms with Gasteiger partial charge in [-0.2, -0.15) is 0 Å². The van der Waals surface area contributed by atoms with Crippen LogP contribution < -0.4 is 0 Å². The van der Waals surface area contributed by atoms with Crippen molar-refractivity contribution in [1.82, 2.24) is 0 Å². The summed E-state index contributed by atoms with van der Waals surface area (Å²) < 4.78 is 0. The summed E-state index contributed by atoms with van der Waals surface area (Å²) in [7, 11) is 0. The summed E-state index contributed by atoms with van der Waals surface area (Å²) in [4.78, 5) is 9.79. The number of unbranched alkanes of at least 4 members (excludes halogenated alkanes) is 1. The van der Waals surface area contributed by atoms with E-state index in [2.05, 4.69) is 0 Å². The highest BCUT2D eigenvalue weighted by atomic mass is 16.1. The van der Waals surface area contributed by atoms with Crippen LogP contribution in [-0.2, 0) is 4.79 Å². The van der Waals surface area contributed by atoms with E-state index in [1.807, 2.05) is 6.92 Å². The van der Waals surface area contributed by atoms with Crippen LogP contribution in [0.4, 0.5) is 0 Å². The van der Waals surface area contributed by atoms with E-state index < -0.39 is 0 Å². The first-order valence-electron chi connectivity index (χ1n) is 2.84. The lowest BCUT2D eigenvalue weighted by atomic mass is 10.2. The second-order valence-corrected chi connectivity index (χ2v) is 1.75. The molecule has 0 atom stereocenters. The Morgan fingerprint density at radius 1 is 1.75 bits per heavy atom. The molecule has 2 nitrogen and oxygen atoms in total. The molecule has 46 valence electrons. The number of hydrogen-bond acceptors (Lipinski definition) is 2. The van der Waals surface area contributed by atoms with E-state index >= 15 is 0 Å². The maximum atomic E-state index is 9.79. The molecule has 0 spiro atoms. The quantitative estimate of drug-likeness (QED) is 0.434. The lowest BCUT2D eigenvalue weighted by molar-refractivity contribution is -0.102. The number of hydrogen-bond donors (Lipinski definition) is 1. The lowest BCUT2D eigenvalue weighted by Crippen LogP contribution is -1.95. The molecule has 8 heavy (non-hydrogen) atoms. The number of nitrogens with one attached hydrogen (secondary N) is 1. The average molecular weight is 113 g/mol. The van der Waals surface area contributed by atoms with Crippen LogP contribution in [0.3, 0.4) is 0 Å². The molecule has 0 aromatic rings. The zero-order valence-corrected chi connectivity index (χ0v) is 5.11. The molecule has 0 radical (unpaired) electrons. The van der Waals surface area contributed by atoms with Crippen LogP contribution in [-0.4, -0.2) is 12.0 Å². The Morgan fingerprint density at radius 2 is 2.38 bits per heavy atom. The molecule has 0 saturated carbocycles. The van der Waals surface area contributed by atoms with E-state index in [9.17, 15) is 4.79 Å². The van der Waals surface area contributed by atoms with Crippen molar-refractivity contribution in [2.75, 3.05) is 0 Å². The predicted octanol–water partition coefficient (Wildman–Crippen LogP) is 1.40. The average Bonchev–Trinajstić information content (AvgIpc) is 1.83. The number of rotatable bonds is 4. The Hall–Kier alpha value is -0.660. The summed E-state index contributed by atoms with van der Waals surface area (Å²) in [6.07, 6.45) is 3.25. The molecule has 0 aliphatic carbocycles. The molecule has 0 fully saturated rings. The zero-order chi connectivity index (χ0) is 6.41. The predicted molar refractivity (Wildman–Crippen MR) is 33.3 cm³/mol. The van der Waals surface area contributed by atoms with E-state index in [1.165, 1.54) is 0 Å². The minimum Gasteiger partial charge on any atom is -0.302 e. The van der Waals surface area contributed by atoms with Crippen molar-refractivity contribution >= 4 is 12.0 Å². The van der Waals surface area contributed by atoms with Crippen molar-refractivity contribution in [2.24, 2.45) is 0 Å². The third kappa shape index (κ3) is 3.53. The van der Waals surface area contributed by atoms with Crippen LogP contribution in [0.2, 0.25) is 0 Å². The van der Waals surface area contributed by atoms with Crippen molar-refractivity contribution in [3.63, 3.8) is 0 Å². The van der Waals surface area contributed by atoms with Gasteiger partial charge in [-0.25, -0.2) is 0 Å². The maximum Gasteiger partial charge on any atom is 0.163 e. The standard InChI is InChI=1S/C6H11NO/c1-2-3-4-6(7)5-8/h5,7H,2-4H2,1H3. The highest BCUT2D eigenvalue weighted by molar-refractivity contribution is 6.26. The number of carbonyl (C=O) groups excluding carboxylic acids is 1. The number of carbonyl (C=O) groups is 1. The minimum atomic E-state index is 0.215. The normalized spacial score (nSPS) is 8.62. The fourth-order valence-electron chi connectivity index (χ4n) is 0.426. The second-order valence-electron chi connectivity index (χ2n) is 1.75. The SMILES string of the molecule is CCCCC(=N)C=O. The third-order valence-corrected chi connectivity index (χ3v) is 0.942. The molecule has 0 aromatic heterocycles. The molecule has 0 unspecified atom stereocenters. The monoisotopic (exact) mass is 113 g/mol. The van der Waals surface area contributed by atoms with Gasteiger partial charge in [0, 0.05) is 0 Å². The molecule has 0 rings (SSSR count). The van der Waals surface area contributed by atoms with Gasteiger partial charge in [0.1, 0.15) is 0 Å². The van der Waals surface area contributed by atoms with E-state index in [4.69, 9.17) is 5.41 Å². The summed E-state index contributed by atoms with van der Waals surface area (Å²) in [6.45, 7) is 2.04. The fraction of sp³-hybridized carbons (Fsp3) is 0.667. The first-order chi connectivity index (χ1) is 3.81. The molecular weight excluding hydrogens is 102 g/mol. The second kappa shape index (κ2) is 4.50. The van der Waals surface area contributed by atoms with Gasteiger partial charge >= 0.3 is 0 Å². The summed E-state index contributed by atoms with van der Waals surface area (Å²) in [5.74, 6) is 0. The van der Waals surface area contributed by atoms with Crippen LogP contribution in [0.15, 0.2) is 0 Å². The zero-order valence-electron chi connectivity index (χ0n) is 5.11. The molecule has 0 saturated heterocycles. The topological polar surface area (TPSA) is 40.9 Å². The van der Waals surface area contributed by atoms with Gasteiger partial charge in [-0.1, -0.05) is 13.3 Å². The van der Waals surface area contributed by atoms with Gasteiger partial charge in [0.15, 0.2) is 6.29 Å². The Balaban J connectivity index is 3.11. The molecule has 0 heterocycles. The van der Waals surface area contributed by atoms with Gasteiger partial charge < -0.3 is 5.41 Å². The van der Waals surface area contributed by atoms with Crippen molar-refractivity contribution in [2.45, 2.75) is 26.2 Å². The van der Waals surface area contributed by atoms with Gasteiger partial charge in [0.25, 0.3) is 0 Å². The first-order valence-corrected chi connectivity index (χ1v) is 2.84. The number of aldehydes is 1. The molecule has 0 bridgehead atoms. The van der Waals surface area contributed by atoms with Gasteiger partial charge in [0.2, 0.25) is 0 Å². The molecule has 0 amide bonds. The molecule has 0 aromatic carbocycles. The van der Waals surface area contributed by atoms with Crippen LogP contribution in [0.25, 0.3) is 0 Å². The maximum absolute atomic E-state index is 9.79. The Bertz CT molecular complexity index is 88.5. The van der Waals surface area contributed by atoms with Crippen LogP contribution >= 0.6 is 0 Å². The molecule has 0 aliphatic heterocycles. The lowest BCUT2D eigenvalue weighted by Gasteiger charge is -1.89. The van der Waals surface area contributed by atoms with Gasteiger partial charge in [-0.05, 0) is 12.8 Å². The van der Waals surface area contributed by atoms with E-state index in [-0.39, 0.29) is 5.71 Å². The summed E-state index contributed by atoms with van der Waals surface area (Å²) in [5, 5.41) is 6.87. The van der Waals surface area contributed by atoms with Crippen molar-refractivity contribution < 1.29 is 4.79 Å². The van der Waals surface area contributed by atoms with Crippen LogP contribution in [0.1, 0.15) is 26.2 Å². The van der Waals surface area contributed by atoms with Crippen molar-refractivity contribution in [1.29, 1.82) is 5.41 Å². The summed E-state index contributed by atoms with van der Waals surface area (Å²) >= 11 is 0. The fourth-order valence-corrected chi connectivity index (χ4v) is 0.426. The molecule has 0 aliphatic rings. The van der Waals surface area contributed by atoms with Crippen molar-refractivity contribution in [3.05, 3.63) is 0 Å².